The maximum absolute atomic E-state index is 14.3. The molecule has 2 N–H and O–H groups in total. The van der Waals surface area contributed by atoms with Gasteiger partial charge in [-0.15, -0.1) is 11.3 Å². The number of halogens is 1. The number of aromatic nitrogens is 2. The Bertz CT molecular complexity index is 1260. The zero-order valence-electron chi connectivity index (χ0n) is 18.3. The zero-order chi connectivity index (χ0) is 23.2. The molecule has 6 nitrogen and oxygen atoms in total. The topological polar surface area (TPSA) is 78.5 Å². The molecule has 0 saturated heterocycles. The highest BCUT2D eigenvalue weighted by Crippen LogP contribution is 2.32. The third kappa shape index (κ3) is 5.72. The molecule has 0 radical (unpaired) electrons. The molecular weight excluding hydrogens is 441 g/mol. The lowest BCUT2D eigenvalue weighted by Gasteiger charge is -2.24. The zero-order valence-corrected chi connectivity index (χ0v) is 19.1. The first-order valence-corrected chi connectivity index (χ1v) is 11.6. The summed E-state index contributed by atoms with van der Waals surface area (Å²) >= 11 is 1.32. The number of ether oxygens (including phenoxy) is 1. The number of fused-ring (bicyclic) bond motifs is 1. The highest BCUT2D eigenvalue weighted by Gasteiger charge is 2.18. The van der Waals surface area contributed by atoms with E-state index >= 15 is 0 Å². The fourth-order valence-electron chi connectivity index (χ4n) is 3.86. The molecule has 0 spiro atoms. The van der Waals surface area contributed by atoms with Gasteiger partial charge in [-0.25, -0.2) is 9.37 Å². The molecule has 172 valence electrons. The van der Waals surface area contributed by atoms with Crippen LogP contribution in [0.15, 0.2) is 64.8 Å². The molecule has 0 aliphatic carbocycles. The summed E-state index contributed by atoms with van der Waals surface area (Å²) in [5, 5.41) is 12.8. The van der Waals surface area contributed by atoms with Gasteiger partial charge < -0.3 is 14.8 Å². The van der Waals surface area contributed by atoms with Gasteiger partial charge in [0.1, 0.15) is 16.5 Å². The molecule has 4 rings (SSSR count). The van der Waals surface area contributed by atoms with E-state index < -0.39 is 6.10 Å². The molecule has 8 heteroatoms. The minimum absolute atomic E-state index is 0.300. The normalized spacial score (nSPS) is 12.5. The summed E-state index contributed by atoms with van der Waals surface area (Å²) in [6.07, 6.45) is -0.0429. The van der Waals surface area contributed by atoms with Crippen molar-refractivity contribution in [3.63, 3.8) is 0 Å². The van der Waals surface area contributed by atoms with Crippen molar-refractivity contribution in [3.8, 4) is 11.1 Å². The Labute approximate surface area is 195 Å². The molecule has 0 fully saturated rings. The van der Waals surface area contributed by atoms with Crippen LogP contribution in [0.25, 0.3) is 21.3 Å². The molecule has 4 aromatic rings. The van der Waals surface area contributed by atoms with Crippen LogP contribution in [0.5, 0.6) is 0 Å². The minimum atomic E-state index is -0.575. The van der Waals surface area contributed by atoms with E-state index in [1.165, 1.54) is 17.4 Å². The van der Waals surface area contributed by atoms with Crippen LogP contribution < -0.4 is 5.56 Å². The number of hydrogen-bond donors (Lipinski definition) is 2. The first-order chi connectivity index (χ1) is 16.0. The number of methoxy groups -OCH3 is 1. The standard InChI is InChI=1S/C25H26FN3O3S/c1-32-12-11-29(14-18(30)13-17-7-3-2-4-8-17)15-22-27-24(31)23-20(16-33-25(23)28-22)19-9-5-6-10-21(19)26/h2-10,16,18,30H,11-15H2,1H3,(H,27,28,31). The van der Waals surface area contributed by atoms with Crippen LogP contribution in [0.1, 0.15) is 11.4 Å². The van der Waals surface area contributed by atoms with Crippen molar-refractivity contribution >= 4 is 21.6 Å². The molecule has 1 unspecified atom stereocenters. The number of aromatic amines is 1. The SMILES string of the molecule is COCCN(Cc1nc2scc(-c3ccccc3F)c2c(=O)[nH]1)CC(O)Cc1ccccc1. The molecule has 0 aliphatic heterocycles. The number of benzene rings is 2. The van der Waals surface area contributed by atoms with Crippen LogP contribution >= 0.6 is 11.3 Å². The molecular formula is C25H26FN3O3S. The van der Waals surface area contributed by atoms with Gasteiger partial charge in [0.05, 0.1) is 24.6 Å². The van der Waals surface area contributed by atoms with Gasteiger partial charge in [0.15, 0.2) is 0 Å². The largest absolute Gasteiger partial charge is 0.391 e. The van der Waals surface area contributed by atoms with E-state index in [9.17, 15) is 14.3 Å². The fourth-order valence-corrected chi connectivity index (χ4v) is 4.82. The van der Waals surface area contributed by atoms with Gasteiger partial charge in [-0.3, -0.25) is 9.69 Å². The Morgan fingerprint density at radius 3 is 2.67 bits per heavy atom. The van der Waals surface area contributed by atoms with Crippen molar-refractivity contribution in [1.82, 2.24) is 14.9 Å². The van der Waals surface area contributed by atoms with E-state index in [0.29, 0.717) is 59.8 Å². The van der Waals surface area contributed by atoms with Crippen molar-refractivity contribution in [2.45, 2.75) is 19.1 Å². The summed E-state index contributed by atoms with van der Waals surface area (Å²) in [4.78, 5) is 23.0. The molecule has 0 saturated carbocycles. The van der Waals surface area contributed by atoms with Gasteiger partial charge in [0.25, 0.3) is 5.56 Å². The first kappa shape index (κ1) is 23.3. The fraction of sp³-hybridized carbons (Fsp3) is 0.280. The van der Waals surface area contributed by atoms with E-state index in [0.717, 1.165) is 5.56 Å². The lowest BCUT2D eigenvalue weighted by atomic mass is 10.1. The Balaban J connectivity index is 1.55. The van der Waals surface area contributed by atoms with Gasteiger partial charge in [0.2, 0.25) is 0 Å². The molecule has 0 bridgehead atoms. The van der Waals surface area contributed by atoms with Crippen molar-refractivity contribution in [3.05, 3.63) is 87.5 Å². The number of aliphatic hydroxyl groups is 1. The Morgan fingerprint density at radius 1 is 1.15 bits per heavy atom. The Hall–Kier alpha value is -2.91. The quantitative estimate of drug-likeness (QED) is 0.371. The van der Waals surface area contributed by atoms with Crippen LogP contribution in [0.2, 0.25) is 0 Å². The minimum Gasteiger partial charge on any atom is -0.391 e. The highest BCUT2D eigenvalue weighted by atomic mass is 32.1. The van der Waals surface area contributed by atoms with Gasteiger partial charge in [-0.2, -0.15) is 0 Å². The van der Waals surface area contributed by atoms with Gasteiger partial charge in [0, 0.05) is 36.7 Å². The van der Waals surface area contributed by atoms with E-state index in [1.807, 2.05) is 35.2 Å². The molecule has 33 heavy (non-hydrogen) atoms. The number of H-pyrrole nitrogens is 1. The lowest BCUT2D eigenvalue weighted by Crippen LogP contribution is -2.36. The summed E-state index contributed by atoms with van der Waals surface area (Å²) in [5.74, 6) is 0.122. The summed E-state index contributed by atoms with van der Waals surface area (Å²) < 4.78 is 19.5. The van der Waals surface area contributed by atoms with Crippen LogP contribution in [0, 0.1) is 5.82 Å². The number of hydrogen-bond acceptors (Lipinski definition) is 6. The molecule has 2 aromatic heterocycles. The maximum atomic E-state index is 14.3. The monoisotopic (exact) mass is 467 g/mol. The van der Waals surface area contributed by atoms with E-state index in [2.05, 4.69) is 9.97 Å². The predicted molar refractivity (Wildman–Crippen MR) is 129 cm³/mol. The first-order valence-electron chi connectivity index (χ1n) is 10.7. The summed E-state index contributed by atoms with van der Waals surface area (Å²) in [6.45, 7) is 1.83. The molecule has 2 heterocycles. The molecule has 1 atom stereocenters. The Morgan fingerprint density at radius 2 is 1.91 bits per heavy atom. The van der Waals surface area contributed by atoms with Crippen LogP contribution in [0.3, 0.4) is 0 Å². The van der Waals surface area contributed by atoms with Crippen molar-refractivity contribution in [2.24, 2.45) is 0 Å². The van der Waals surface area contributed by atoms with Crippen molar-refractivity contribution in [2.75, 3.05) is 26.8 Å². The average Bonchev–Trinajstić information content (AvgIpc) is 3.22. The Kier molecular flexibility index (Phi) is 7.61. The van der Waals surface area contributed by atoms with Crippen LogP contribution in [0.4, 0.5) is 4.39 Å². The lowest BCUT2D eigenvalue weighted by molar-refractivity contribution is 0.0837. The second-order valence-electron chi connectivity index (χ2n) is 7.89. The number of rotatable bonds is 10. The van der Waals surface area contributed by atoms with Crippen molar-refractivity contribution in [1.29, 1.82) is 0 Å². The maximum Gasteiger partial charge on any atom is 0.260 e. The summed E-state index contributed by atoms with van der Waals surface area (Å²) in [6, 6.07) is 16.2. The number of thiophene rings is 1. The van der Waals surface area contributed by atoms with Gasteiger partial charge in [-0.1, -0.05) is 48.5 Å². The summed E-state index contributed by atoms with van der Waals surface area (Å²) in [7, 11) is 1.63. The van der Waals surface area contributed by atoms with E-state index in [1.54, 1.807) is 30.7 Å². The third-order valence-electron chi connectivity index (χ3n) is 5.43. The van der Waals surface area contributed by atoms with Crippen molar-refractivity contribution < 1.29 is 14.2 Å². The molecule has 2 aromatic carbocycles. The summed E-state index contributed by atoms with van der Waals surface area (Å²) in [5.41, 5.74) is 1.69. The molecule has 0 aliphatic rings. The van der Waals surface area contributed by atoms with E-state index in [4.69, 9.17) is 4.74 Å². The predicted octanol–water partition coefficient (Wildman–Crippen LogP) is 3.84. The highest BCUT2D eigenvalue weighted by molar-refractivity contribution is 7.17. The molecule has 0 amide bonds. The second kappa shape index (κ2) is 10.8. The number of nitrogens with one attached hydrogen (secondary N) is 1. The van der Waals surface area contributed by atoms with Crippen LogP contribution in [-0.2, 0) is 17.7 Å². The second-order valence-corrected chi connectivity index (χ2v) is 8.75. The average molecular weight is 468 g/mol. The van der Waals surface area contributed by atoms with Gasteiger partial charge in [-0.05, 0) is 18.1 Å². The number of nitrogens with zero attached hydrogens (tertiary/aromatic N) is 2. The third-order valence-corrected chi connectivity index (χ3v) is 6.30. The number of aliphatic hydroxyl groups excluding tert-OH is 1. The van der Waals surface area contributed by atoms with E-state index in [-0.39, 0.29) is 11.4 Å². The smallest absolute Gasteiger partial charge is 0.260 e. The van der Waals surface area contributed by atoms with Gasteiger partial charge >= 0.3 is 0 Å². The van der Waals surface area contributed by atoms with Crippen LogP contribution in [-0.4, -0.2) is 52.9 Å².